The van der Waals surface area contributed by atoms with Crippen LogP contribution in [0.15, 0.2) is 35.3 Å². The van der Waals surface area contributed by atoms with Crippen molar-refractivity contribution in [1.29, 1.82) is 0 Å². The zero-order chi connectivity index (χ0) is 12.5. The molecule has 3 rings (SSSR count). The van der Waals surface area contributed by atoms with Gasteiger partial charge in [0.05, 0.1) is 18.3 Å². The highest BCUT2D eigenvalue weighted by molar-refractivity contribution is 5.77. The molecule has 2 aromatic rings. The van der Waals surface area contributed by atoms with E-state index in [4.69, 9.17) is 0 Å². The number of nitrogens with one attached hydrogen (secondary N) is 1. The molecule has 0 bridgehead atoms. The molecule has 1 saturated carbocycles. The Kier molecular flexibility index (Phi) is 2.88. The van der Waals surface area contributed by atoms with Crippen molar-refractivity contribution < 1.29 is 0 Å². The SMILES string of the molecule is CNC(Cn1ncc(=O)c2ccccc21)C1CC1. The summed E-state index contributed by atoms with van der Waals surface area (Å²) in [5.41, 5.74) is 0.917. The fraction of sp³-hybridized carbons (Fsp3) is 0.429. The van der Waals surface area contributed by atoms with Crippen molar-refractivity contribution >= 4 is 10.9 Å². The van der Waals surface area contributed by atoms with Crippen LogP contribution in [0, 0.1) is 5.92 Å². The lowest BCUT2D eigenvalue weighted by Crippen LogP contribution is -2.33. The Morgan fingerprint density at radius 3 is 2.94 bits per heavy atom. The average Bonchev–Trinajstić information content (AvgIpc) is 3.23. The molecule has 4 heteroatoms. The van der Waals surface area contributed by atoms with Crippen LogP contribution >= 0.6 is 0 Å². The van der Waals surface area contributed by atoms with E-state index < -0.39 is 0 Å². The highest BCUT2D eigenvalue weighted by Crippen LogP contribution is 2.33. The van der Waals surface area contributed by atoms with Crippen LogP contribution in [-0.2, 0) is 6.54 Å². The van der Waals surface area contributed by atoms with Gasteiger partial charge >= 0.3 is 0 Å². The Hall–Kier alpha value is -1.68. The second-order valence-corrected chi connectivity index (χ2v) is 4.94. The van der Waals surface area contributed by atoms with E-state index in [0.717, 1.165) is 23.4 Å². The largest absolute Gasteiger partial charge is 0.315 e. The molecule has 0 radical (unpaired) electrons. The number of fused-ring (bicyclic) bond motifs is 1. The molecule has 18 heavy (non-hydrogen) atoms. The fourth-order valence-corrected chi connectivity index (χ4v) is 2.47. The number of hydrogen-bond donors (Lipinski definition) is 1. The van der Waals surface area contributed by atoms with E-state index >= 15 is 0 Å². The predicted molar refractivity (Wildman–Crippen MR) is 71.6 cm³/mol. The second-order valence-electron chi connectivity index (χ2n) is 4.94. The number of hydrogen-bond acceptors (Lipinski definition) is 3. The van der Waals surface area contributed by atoms with Crippen LogP contribution in [0.5, 0.6) is 0 Å². The number of rotatable bonds is 4. The van der Waals surface area contributed by atoms with E-state index in [1.807, 2.05) is 36.0 Å². The Morgan fingerprint density at radius 1 is 1.44 bits per heavy atom. The summed E-state index contributed by atoms with van der Waals surface area (Å²) >= 11 is 0. The summed E-state index contributed by atoms with van der Waals surface area (Å²) < 4.78 is 1.94. The van der Waals surface area contributed by atoms with Crippen LogP contribution < -0.4 is 10.7 Å². The van der Waals surface area contributed by atoms with Crippen molar-refractivity contribution in [3.63, 3.8) is 0 Å². The van der Waals surface area contributed by atoms with Crippen molar-refractivity contribution in [2.75, 3.05) is 7.05 Å². The van der Waals surface area contributed by atoms with Gasteiger partial charge in [-0.05, 0) is 37.9 Å². The first-order valence-corrected chi connectivity index (χ1v) is 6.41. The fourth-order valence-electron chi connectivity index (χ4n) is 2.47. The molecule has 4 nitrogen and oxygen atoms in total. The summed E-state index contributed by atoms with van der Waals surface area (Å²) in [6.07, 6.45) is 4.01. The predicted octanol–water partition coefficient (Wildman–Crippen LogP) is 1.39. The summed E-state index contributed by atoms with van der Waals surface area (Å²) in [6, 6.07) is 8.11. The van der Waals surface area contributed by atoms with Gasteiger partial charge in [0.25, 0.3) is 0 Å². The summed E-state index contributed by atoms with van der Waals surface area (Å²) in [7, 11) is 1.99. The lowest BCUT2D eigenvalue weighted by atomic mass is 10.1. The molecular formula is C14H17N3O. The highest BCUT2D eigenvalue weighted by atomic mass is 16.1. The smallest absolute Gasteiger partial charge is 0.207 e. The monoisotopic (exact) mass is 243 g/mol. The molecule has 1 unspecified atom stereocenters. The third kappa shape index (κ3) is 2.04. The van der Waals surface area contributed by atoms with Crippen molar-refractivity contribution in [1.82, 2.24) is 15.1 Å². The van der Waals surface area contributed by atoms with E-state index in [0.29, 0.717) is 6.04 Å². The minimum atomic E-state index is -0.00530. The number of nitrogens with zero attached hydrogens (tertiary/aromatic N) is 2. The molecule has 1 heterocycles. The van der Waals surface area contributed by atoms with Gasteiger partial charge in [0.15, 0.2) is 0 Å². The molecule has 1 aromatic carbocycles. The van der Waals surface area contributed by atoms with Gasteiger partial charge in [0.2, 0.25) is 5.43 Å². The molecule has 1 N–H and O–H groups in total. The minimum absolute atomic E-state index is 0.00530. The second kappa shape index (κ2) is 4.53. The van der Waals surface area contributed by atoms with Crippen LogP contribution in [0.3, 0.4) is 0 Å². The quantitative estimate of drug-likeness (QED) is 0.883. The Bertz CT molecular complexity index is 616. The van der Waals surface area contributed by atoms with Crippen molar-refractivity contribution in [2.45, 2.75) is 25.4 Å². The molecule has 0 aliphatic heterocycles. The lowest BCUT2D eigenvalue weighted by molar-refractivity contribution is 0.418. The van der Waals surface area contributed by atoms with Gasteiger partial charge in [0, 0.05) is 11.4 Å². The first kappa shape index (κ1) is 11.4. The normalized spacial score (nSPS) is 16.9. The molecule has 1 aromatic heterocycles. The summed E-state index contributed by atoms with van der Waals surface area (Å²) in [4.78, 5) is 11.7. The standard InChI is InChI=1S/C14H17N3O/c1-15-12(10-6-7-10)9-17-13-5-3-2-4-11(13)14(18)8-16-17/h2-5,8,10,12,15H,6-7,9H2,1H3. The first-order chi connectivity index (χ1) is 8.79. The summed E-state index contributed by atoms with van der Waals surface area (Å²) in [6.45, 7) is 0.821. The molecule has 1 aliphatic rings. The van der Waals surface area contributed by atoms with E-state index in [1.54, 1.807) is 0 Å². The maximum absolute atomic E-state index is 11.7. The van der Waals surface area contributed by atoms with Gasteiger partial charge in [-0.15, -0.1) is 0 Å². The topological polar surface area (TPSA) is 46.9 Å². The lowest BCUT2D eigenvalue weighted by Gasteiger charge is -2.17. The van der Waals surface area contributed by atoms with Crippen LogP contribution in [0.25, 0.3) is 10.9 Å². The van der Waals surface area contributed by atoms with E-state index in [9.17, 15) is 4.79 Å². The molecule has 1 atom stereocenters. The van der Waals surface area contributed by atoms with Crippen LogP contribution in [0.4, 0.5) is 0 Å². The third-order valence-corrected chi connectivity index (χ3v) is 3.69. The number of likely N-dealkylation sites (N-methyl/N-ethyl adjacent to an activating group) is 1. The van der Waals surface area contributed by atoms with Gasteiger partial charge in [0.1, 0.15) is 0 Å². The average molecular weight is 243 g/mol. The van der Waals surface area contributed by atoms with Crippen LogP contribution in [0.1, 0.15) is 12.8 Å². The number of benzene rings is 1. The van der Waals surface area contributed by atoms with Crippen molar-refractivity contribution in [2.24, 2.45) is 5.92 Å². The molecule has 1 fully saturated rings. The van der Waals surface area contributed by atoms with Gasteiger partial charge in [-0.1, -0.05) is 12.1 Å². The Balaban J connectivity index is 2.01. The maximum Gasteiger partial charge on any atom is 0.207 e. The van der Waals surface area contributed by atoms with Crippen molar-refractivity contribution in [3.8, 4) is 0 Å². The van der Waals surface area contributed by atoms with Gasteiger partial charge in [-0.2, -0.15) is 5.10 Å². The van der Waals surface area contributed by atoms with E-state index in [2.05, 4.69) is 10.4 Å². The molecule has 0 spiro atoms. The van der Waals surface area contributed by atoms with Crippen LogP contribution in [0.2, 0.25) is 0 Å². The zero-order valence-electron chi connectivity index (χ0n) is 10.5. The molecule has 0 saturated heterocycles. The van der Waals surface area contributed by atoms with Gasteiger partial charge in [-0.3, -0.25) is 9.48 Å². The highest BCUT2D eigenvalue weighted by Gasteiger charge is 2.30. The van der Waals surface area contributed by atoms with Crippen molar-refractivity contribution in [3.05, 3.63) is 40.7 Å². The zero-order valence-corrected chi connectivity index (χ0v) is 10.5. The molecular weight excluding hydrogens is 226 g/mol. The van der Waals surface area contributed by atoms with E-state index in [-0.39, 0.29) is 5.43 Å². The molecule has 0 amide bonds. The Morgan fingerprint density at radius 2 is 2.22 bits per heavy atom. The minimum Gasteiger partial charge on any atom is -0.315 e. The first-order valence-electron chi connectivity index (χ1n) is 6.41. The number of aromatic nitrogens is 2. The summed E-state index contributed by atoms with van der Waals surface area (Å²) in [5.74, 6) is 0.759. The maximum atomic E-state index is 11.7. The molecule has 94 valence electrons. The van der Waals surface area contributed by atoms with Gasteiger partial charge in [-0.25, -0.2) is 0 Å². The number of para-hydroxylation sites is 1. The van der Waals surface area contributed by atoms with Gasteiger partial charge < -0.3 is 5.32 Å². The summed E-state index contributed by atoms with van der Waals surface area (Å²) in [5, 5.41) is 8.37. The van der Waals surface area contributed by atoms with E-state index in [1.165, 1.54) is 19.0 Å². The van der Waals surface area contributed by atoms with Crippen LogP contribution in [-0.4, -0.2) is 22.9 Å². The molecule has 1 aliphatic carbocycles. The third-order valence-electron chi connectivity index (χ3n) is 3.69. The Labute approximate surface area is 106 Å².